The van der Waals surface area contributed by atoms with Crippen LogP contribution in [0.5, 0.6) is 0 Å². The Morgan fingerprint density at radius 1 is 1.48 bits per heavy atom. The fraction of sp³-hybridized carbons (Fsp3) is 0.308. The van der Waals surface area contributed by atoms with Crippen LogP contribution in [0.2, 0.25) is 0 Å². The summed E-state index contributed by atoms with van der Waals surface area (Å²) in [5.74, 6) is -0.117. The van der Waals surface area contributed by atoms with Gasteiger partial charge in [0.15, 0.2) is 11.0 Å². The van der Waals surface area contributed by atoms with Crippen molar-refractivity contribution in [2.24, 2.45) is 0 Å². The number of thioether (sulfide) groups is 1. The average Bonchev–Trinajstić information content (AvgIpc) is 2.82. The summed E-state index contributed by atoms with van der Waals surface area (Å²) in [7, 11) is 0. The number of benzene rings is 1. The maximum atomic E-state index is 10.7. The van der Waals surface area contributed by atoms with E-state index < -0.39 is 5.97 Å². The molecule has 1 heterocycles. The molecule has 0 saturated heterocycles. The zero-order valence-electron chi connectivity index (χ0n) is 11.2. The number of aliphatic carboxylic acids is 1. The van der Waals surface area contributed by atoms with E-state index in [1.165, 1.54) is 11.8 Å². The predicted molar refractivity (Wildman–Crippen MR) is 94.5 cm³/mol. The summed E-state index contributed by atoms with van der Waals surface area (Å²) in [4.78, 5) is 10.7. The molecule has 8 heteroatoms. The van der Waals surface area contributed by atoms with E-state index in [1.54, 1.807) is 0 Å². The number of halogens is 2. The van der Waals surface area contributed by atoms with Gasteiger partial charge in [0.1, 0.15) is 0 Å². The number of aromatic nitrogens is 3. The Kier molecular flexibility index (Phi) is 6.06. The van der Waals surface area contributed by atoms with Crippen LogP contribution in [0.15, 0.2) is 27.8 Å². The van der Waals surface area contributed by atoms with Gasteiger partial charge in [0.25, 0.3) is 0 Å². The second-order valence-electron chi connectivity index (χ2n) is 4.26. The fourth-order valence-corrected chi connectivity index (χ4v) is 3.41. The molecule has 0 radical (unpaired) electrons. The summed E-state index contributed by atoms with van der Waals surface area (Å²) in [5, 5.41) is 17.8. The summed E-state index contributed by atoms with van der Waals surface area (Å²) in [5.41, 5.74) is 0.963. The van der Waals surface area contributed by atoms with Crippen molar-refractivity contribution in [3.8, 4) is 11.4 Å². The highest BCUT2D eigenvalue weighted by atomic mass is 127. The SMILES string of the molecule is CCCn1c(SCC(=O)O)nnc1-c1cc(I)ccc1Br. The minimum absolute atomic E-state index is 0.0185. The third-order valence-corrected chi connectivity index (χ3v) is 4.97. The van der Waals surface area contributed by atoms with Gasteiger partial charge in [0.2, 0.25) is 0 Å². The lowest BCUT2D eigenvalue weighted by Crippen LogP contribution is -2.05. The van der Waals surface area contributed by atoms with Crippen molar-refractivity contribution >= 4 is 56.3 Å². The van der Waals surface area contributed by atoms with E-state index in [-0.39, 0.29) is 5.75 Å². The van der Waals surface area contributed by atoms with E-state index in [9.17, 15) is 4.79 Å². The lowest BCUT2D eigenvalue weighted by Gasteiger charge is -2.10. The van der Waals surface area contributed by atoms with Crippen molar-refractivity contribution in [3.05, 3.63) is 26.2 Å². The zero-order chi connectivity index (χ0) is 15.4. The van der Waals surface area contributed by atoms with E-state index >= 15 is 0 Å². The third kappa shape index (κ3) is 4.19. The van der Waals surface area contributed by atoms with Crippen molar-refractivity contribution in [1.82, 2.24) is 14.8 Å². The lowest BCUT2D eigenvalue weighted by atomic mass is 10.2. The number of nitrogens with zero attached hydrogens (tertiary/aromatic N) is 3. The van der Waals surface area contributed by atoms with E-state index in [4.69, 9.17) is 5.11 Å². The van der Waals surface area contributed by atoms with Crippen molar-refractivity contribution in [2.45, 2.75) is 25.0 Å². The molecule has 0 bridgehead atoms. The Hall–Kier alpha value is -0.610. The summed E-state index contributed by atoms with van der Waals surface area (Å²) in [6, 6.07) is 6.02. The number of carbonyl (C=O) groups is 1. The summed E-state index contributed by atoms with van der Waals surface area (Å²) in [6.07, 6.45) is 0.924. The minimum Gasteiger partial charge on any atom is -0.481 e. The molecule has 1 aromatic carbocycles. The molecule has 0 spiro atoms. The monoisotopic (exact) mass is 481 g/mol. The highest BCUT2D eigenvalue weighted by Gasteiger charge is 2.17. The molecule has 0 aliphatic carbocycles. The molecular formula is C13H13BrIN3O2S. The number of rotatable bonds is 6. The topological polar surface area (TPSA) is 68.0 Å². The van der Waals surface area contributed by atoms with Crippen LogP contribution in [0, 0.1) is 3.57 Å². The Balaban J connectivity index is 2.43. The first kappa shape index (κ1) is 16.8. The average molecular weight is 482 g/mol. The molecular weight excluding hydrogens is 469 g/mol. The van der Waals surface area contributed by atoms with Gasteiger partial charge in [-0.3, -0.25) is 4.79 Å². The van der Waals surface area contributed by atoms with Crippen LogP contribution < -0.4 is 0 Å². The van der Waals surface area contributed by atoms with Gasteiger partial charge in [-0.25, -0.2) is 0 Å². The van der Waals surface area contributed by atoms with Gasteiger partial charge in [-0.1, -0.05) is 34.6 Å². The van der Waals surface area contributed by atoms with Crippen molar-refractivity contribution in [2.75, 3.05) is 5.75 Å². The van der Waals surface area contributed by atoms with Gasteiger partial charge in [0.05, 0.1) is 5.75 Å². The molecule has 0 fully saturated rings. The van der Waals surface area contributed by atoms with Crippen LogP contribution in [0.4, 0.5) is 0 Å². The van der Waals surface area contributed by atoms with Crippen molar-refractivity contribution < 1.29 is 9.90 Å². The van der Waals surface area contributed by atoms with Gasteiger partial charge >= 0.3 is 5.97 Å². The van der Waals surface area contributed by atoms with Gasteiger partial charge in [-0.15, -0.1) is 10.2 Å². The first-order valence-electron chi connectivity index (χ1n) is 6.26. The first-order chi connectivity index (χ1) is 10.0. The Labute approximate surface area is 148 Å². The van der Waals surface area contributed by atoms with Crippen molar-refractivity contribution in [1.29, 1.82) is 0 Å². The van der Waals surface area contributed by atoms with Crippen molar-refractivity contribution in [3.63, 3.8) is 0 Å². The standard InChI is InChI=1S/C13H13BrIN3O2S/c1-2-5-18-12(9-6-8(15)3-4-10(9)14)16-17-13(18)21-7-11(19)20/h3-4,6H,2,5,7H2,1H3,(H,19,20). The molecule has 0 atom stereocenters. The maximum absolute atomic E-state index is 10.7. The highest BCUT2D eigenvalue weighted by molar-refractivity contribution is 14.1. The van der Waals surface area contributed by atoms with Gasteiger partial charge < -0.3 is 9.67 Å². The molecule has 2 rings (SSSR count). The molecule has 0 aliphatic heterocycles. The summed E-state index contributed by atoms with van der Waals surface area (Å²) < 4.78 is 4.03. The van der Waals surface area contributed by atoms with E-state index in [0.717, 1.165) is 32.4 Å². The molecule has 1 aromatic heterocycles. The second-order valence-corrected chi connectivity index (χ2v) is 7.31. The third-order valence-electron chi connectivity index (χ3n) is 2.66. The number of carboxylic acid groups (broad SMARTS) is 1. The molecule has 0 amide bonds. The van der Waals surface area contributed by atoms with Crippen LogP contribution in [0.25, 0.3) is 11.4 Å². The van der Waals surface area contributed by atoms with E-state index in [2.05, 4.69) is 55.6 Å². The summed E-state index contributed by atoms with van der Waals surface area (Å²) in [6.45, 7) is 2.82. The molecule has 1 N–H and O–H groups in total. The molecule has 0 unspecified atom stereocenters. The quantitative estimate of drug-likeness (QED) is 0.500. The number of hydrogen-bond donors (Lipinski definition) is 1. The number of carboxylic acids is 1. The normalized spacial score (nSPS) is 10.8. The van der Waals surface area contributed by atoms with Gasteiger partial charge in [-0.2, -0.15) is 0 Å². The Morgan fingerprint density at radius 3 is 2.90 bits per heavy atom. The minimum atomic E-state index is -0.858. The molecule has 112 valence electrons. The number of hydrogen-bond acceptors (Lipinski definition) is 4. The Morgan fingerprint density at radius 2 is 2.24 bits per heavy atom. The molecule has 21 heavy (non-hydrogen) atoms. The van der Waals surface area contributed by atoms with Gasteiger partial charge in [0, 0.05) is 20.2 Å². The van der Waals surface area contributed by atoms with Crippen LogP contribution in [-0.2, 0) is 11.3 Å². The fourth-order valence-electron chi connectivity index (χ4n) is 1.82. The van der Waals surface area contributed by atoms with Gasteiger partial charge in [-0.05, 0) is 47.2 Å². The molecule has 0 aliphatic rings. The van der Waals surface area contributed by atoms with E-state index in [0.29, 0.717) is 5.16 Å². The molecule has 5 nitrogen and oxygen atoms in total. The molecule has 2 aromatic rings. The maximum Gasteiger partial charge on any atom is 0.313 e. The zero-order valence-corrected chi connectivity index (χ0v) is 15.8. The first-order valence-corrected chi connectivity index (χ1v) is 9.12. The molecule has 0 saturated carbocycles. The lowest BCUT2D eigenvalue weighted by molar-refractivity contribution is -0.133. The largest absolute Gasteiger partial charge is 0.481 e. The smallest absolute Gasteiger partial charge is 0.313 e. The van der Waals surface area contributed by atoms with Crippen LogP contribution in [0.1, 0.15) is 13.3 Å². The van der Waals surface area contributed by atoms with Crippen LogP contribution >= 0.6 is 50.3 Å². The predicted octanol–water partition coefficient (Wildman–Crippen LogP) is 3.90. The van der Waals surface area contributed by atoms with Crippen LogP contribution in [-0.4, -0.2) is 31.6 Å². The van der Waals surface area contributed by atoms with E-state index in [1.807, 2.05) is 22.8 Å². The van der Waals surface area contributed by atoms with Crippen LogP contribution in [0.3, 0.4) is 0 Å². The second kappa shape index (κ2) is 7.59. The highest BCUT2D eigenvalue weighted by Crippen LogP contribution is 2.31. The summed E-state index contributed by atoms with van der Waals surface area (Å²) >= 11 is 6.98. The Bertz CT molecular complexity index is 663.